The average Bonchev–Trinajstić information content (AvgIpc) is 2.95. The van der Waals surface area contributed by atoms with E-state index in [2.05, 4.69) is 20.5 Å². The fourth-order valence-electron chi connectivity index (χ4n) is 3.73. The van der Waals surface area contributed by atoms with Gasteiger partial charge in [0.05, 0.1) is 25.3 Å². The Labute approximate surface area is 130 Å². The lowest BCUT2D eigenvalue weighted by atomic mass is 9.75. The summed E-state index contributed by atoms with van der Waals surface area (Å²) in [5, 5.41) is 20.1. The lowest BCUT2D eigenvalue weighted by molar-refractivity contribution is -0.133. The third-order valence-corrected chi connectivity index (χ3v) is 4.79. The van der Waals surface area contributed by atoms with E-state index in [4.69, 9.17) is 5.11 Å². The predicted octanol–water partition coefficient (Wildman–Crippen LogP) is 0.00540. The minimum absolute atomic E-state index is 0.0749. The van der Waals surface area contributed by atoms with Crippen molar-refractivity contribution < 1.29 is 9.90 Å². The molecule has 0 radical (unpaired) electrons. The first-order valence-electron chi connectivity index (χ1n) is 8.11. The molecule has 1 aromatic heterocycles. The molecule has 22 heavy (non-hydrogen) atoms. The van der Waals surface area contributed by atoms with Gasteiger partial charge < -0.3 is 10.4 Å². The van der Waals surface area contributed by atoms with Gasteiger partial charge in [-0.15, -0.1) is 5.10 Å². The van der Waals surface area contributed by atoms with Crippen molar-refractivity contribution in [2.75, 3.05) is 13.1 Å². The zero-order valence-electron chi connectivity index (χ0n) is 13.3. The number of aliphatic hydroxyl groups excluding tert-OH is 1. The topological polar surface area (TPSA) is 83.3 Å². The molecule has 0 spiro atoms. The number of carbonyl (C=O) groups is 1. The highest BCUT2D eigenvalue weighted by atomic mass is 16.3. The van der Waals surface area contributed by atoms with E-state index in [1.165, 1.54) is 0 Å². The van der Waals surface area contributed by atoms with Crippen LogP contribution in [0.4, 0.5) is 0 Å². The summed E-state index contributed by atoms with van der Waals surface area (Å²) in [4.78, 5) is 14.7. The molecule has 3 aliphatic rings. The van der Waals surface area contributed by atoms with Crippen LogP contribution >= 0.6 is 0 Å². The Morgan fingerprint density at radius 2 is 2.36 bits per heavy atom. The van der Waals surface area contributed by atoms with Crippen LogP contribution in [0.25, 0.3) is 0 Å². The van der Waals surface area contributed by atoms with Crippen molar-refractivity contribution in [3.8, 4) is 0 Å². The number of aliphatic hydroxyl groups is 1. The monoisotopic (exact) mass is 307 g/mol. The molecule has 3 saturated heterocycles. The summed E-state index contributed by atoms with van der Waals surface area (Å²) in [6.45, 7) is 6.62. The van der Waals surface area contributed by atoms with Crippen molar-refractivity contribution in [3.63, 3.8) is 0 Å². The smallest absolute Gasteiger partial charge is 0.224 e. The summed E-state index contributed by atoms with van der Waals surface area (Å²) >= 11 is 0. The molecule has 4 atom stereocenters. The molecule has 4 rings (SSSR count). The highest BCUT2D eigenvalue weighted by Crippen LogP contribution is 2.36. The van der Waals surface area contributed by atoms with Gasteiger partial charge in [0, 0.05) is 18.6 Å². The van der Waals surface area contributed by atoms with Crippen LogP contribution in [-0.4, -0.2) is 56.1 Å². The largest absolute Gasteiger partial charge is 0.390 e. The Morgan fingerprint density at radius 3 is 2.95 bits per heavy atom. The Balaban J connectivity index is 1.61. The second kappa shape index (κ2) is 6.34. The van der Waals surface area contributed by atoms with Crippen LogP contribution in [0, 0.1) is 11.8 Å². The van der Waals surface area contributed by atoms with Crippen LogP contribution in [0.1, 0.15) is 32.4 Å². The first-order valence-corrected chi connectivity index (χ1v) is 8.11. The van der Waals surface area contributed by atoms with E-state index in [1.807, 2.05) is 13.8 Å². The standard InChI is InChI=1S/C15H25N5O2/c1-10(2)16-15(22)14-8-19-4-3-11(14)5-13(19)7-20-6-12(9-21)17-18-20/h6,10-11,13-14,21H,3-5,7-9H2,1-2H3,(H,16,22). The zero-order valence-corrected chi connectivity index (χ0v) is 13.3. The Hall–Kier alpha value is -1.47. The van der Waals surface area contributed by atoms with E-state index in [0.717, 1.165) is 32.5 Å². The van der Waals surface area contributed by atoms with Gasteiger partial charge in [-0.1, -0.05) is 5.21 Å². The molecule has 0 aromatic carbocycles. The van der Waals surface area contributed by atoms with Crippen molar-refractivity contribution in [2.24, 2.45) is 11.8 Å². The molecule has 3 aliphatic heterocycles. The number of amides is 1. The molecule has 1 aromatic rings. The van der Waals surface area contributed by atoms with E-state index < -0.39 is 0 Å². The minimum Gasteiger partial charge on any atom is -0.390 e. The first kappa shape index (κ1) is 15.4. The number of hydrogen-bond acceptors (Lipinski definition) is 5. The quantitative estimate of drug-likeness (QED) is 0.800. The summed E-state index contributed by atoms with van der Waals surface area (Å²) < 4.78 is 1.81. The van der Waals surface area contributed by atoms with Crippen molar-refractivity contribution in [1.82, 2.24) is 25.2 Å². The van der Waals surface area contributed by atoms with Crippen molar-refractivity contribution in [3.05, 3.63) is 11.9 Å². The Morgan fingerprint density at radius 1 is 1.55 bits per heavy atom. The molecule has 1 amide bonds. The summed E-state index contributed by atoms with van der Waals surface area (Å²) in [5.41, 5.74) is 0.602. The molecular weight excluding hydrogens is 282 g/mol. The molecule has 2 N–H and O–H groups in total. The van der Waals surface area contributed by atoms with Crippen LogP contribution < -0.4 is 5.32 Å². The van der Waals surface area contributed by atoms with Gasteiger partial charge in [0.25, 0.3) is 0 Å². The molecule has 7 nitrogen and oxygen atoms in total. The van der Waals surface area contributed by atoms with E-state index in [1.54, 1.807) is 10.9 Å². The SMILES string of the molecule is CC(C)NC(=O)C1CN2CCC1CC2Cn1cc(CO)nn1. The number of hydrogen-bond donors (Lipinski definition) is 2. The van der Waals surface area contributed by atoms with Crippen molar-refractivity contribution in [2.45, 2.75) is 51.9 Å². The maximum Gasteiger partial charge on any atom is 0.224 e. The maximum atomic E-state index is 12.3. The van der Waals surface area contributed by atoms with Gasteiger partial charge in [0.15, 0.2) is 0 Å². The van der Waals surface area contributed by atoms with E-state index >= 15 is 0 Å². The molecule has 2 bridgehead atoms. The number of nitrogens with one attached hydrogen (secondary N) is 1. The van der Waals surface area contributed by atoms with Crippen LogP contribution in [0.5, 0.6) is 0 Å². The summed E-state index contributed by atoms with van der Waals surface area (Å²) in [6.07, 6.45) is 3.93. The average molecular weight is 307 g/mol. The number of carbonyl (C=O) groups excluding carboxylic acids is 1. The van der Waals surface area contributed by atoms with E-state index in [9.17, 15) is 4.79 Å². The maximum absolute atomic E-state index is 12.3. The fraction of sp³-hybridized carbons (Fsp3) is 0.800. The zero-order chi connectivity index (χ0) is 15.7. The van der Waals surface area contributed by atoms with Crippen LogP contribution in [-0.2, 0) is 17.9 Å². The molecule has 7 heteroatoms. The molecular formula is C15H25N5O2. The second-order valence-electron chi connectivity index (χ2n) is 6.79. The van der Waals surface area contributed by atoms with Crippen LogP contribution in [0.15, 0.2) is 6.20 Å². The Kier molecular flexibility index (Phi) is 4.44. The fourth-order valence-corrected chi connectivity index (χ4v) is 3.73. The lowest BCUT2D eigenvalue weighted by Gasteiger charge is -2.49. The van der Waals surface area contributed by atoms with Gasteiger partial charge in [0.1, 0.15) is 5.69 Å². The summed E-state index contributed by atoms with van der Waals surface area (Å²) in [6, 6.07) is 0.612. The van der Waals surface area contributed by atoms with Gasteiger partial charge in [-0.05, 0) is 39.2 Å². The van der Waals surface area contributed by atoms with Crippen LogP contribution in [0.2, 0.25) is 0 Å². The number of fused-ring (bicyclic) bond motifs is 3. The molecule has 122 valence electrons. The second-order valence-corrected chi connectivity index (χ2v) is 6.79. The van der Waals surface area contributed by atoms with Crippen molar-refractivity contribution in [1.29, 1.82) is 0 Å². The molecule has 0 aliphatic carbocycles. The van der Waals surface area contributed by atoms with Crippen molar-refractivity contribution >= 4 is 5.91 Å². The molecule has 4 unspecified atom stereocenters. The third kappa shape index (κ3) is 3.15. The van der Waals surface area contributed by atoms with Gasteiger partial charge in [-0.25, -0.2) is 0 Å². The van der Waals surface area contributed by atoms with E-state index in [0.29, 0.717) is 17.7 Å². The summed E-state index contributed by atoms with van der Waals surface area (Å²) in [5.74, 6) is 0.789. The highest BCUT2D eigenvalue weighted by molar-refractivity contribution is 5.79. The number of piperidine rings is 3. The number of nitrogens with zero attached hydrogens (tertiary/aromatic N) is 4. The normalized spacial score (nSPS) is 30.7. The van der Waals surface area contributed by atoms with Gasteiger partial charge in [0.2, 0.25) is 5.91 Å². The Bertz CT molecular complexity index is 530. The minimum atomic E-state index is -0.0749. The highest BCUT2D eigenvalue weighted by Gasteiger charge is 2.43. The molecule has 4 heterocycles. The lowest BCUT2D eigenvalue weighted by Crippen LogP contribution is -2.58. The summed E-state index contributed by atoms with van der Waals surface area (Å²) in [7, 11) is 0. The van der Waals surface area contributed by atoms with Gasteiger partial charge in [-0.3, -0.25) is 14.4 Å². The number of aromatic nitrogens is 3. The van der Waals surface area contributed by atoms with Gasteiger partial charge in [-0.2, -0.15) is 0 Å². The first-order chi connectivity index (χ1) is 10.6. The van der Waals surface area contributed by atoms with Gasteiger partial charge >= 0.3 is 0 Å². The molecule has 3 fully saturated rings. The number of rotatable bonds is 5. The predicted molar refractivity (Wildman–Crippen MR) is 80.8 cm³/mol. The van der Waals surface area contributed by atoms with E-state index in [-0.39, 0.29) is 24.5 Å². The molecule has 0 saturated carbocycles. The van der Waals surface area contributed by atoms with Crippen LogP contribution in [0.3, 0.4) is 0 Å². The third-order valence-electron chi connectivity index (χ3n) is 4.79.